The lowest BCUT2D eigenvalue weighted by Gasteiger charge is -2.15. The molecule has 5 heteroatoms. The number of hydrogen-bond acceptors (Lipinski definition) is 3. The highest BCUT2D eigenvalue weighted by atomic mass is 16.4. The summed E-state index contributed by atoms with van der Waals surface area (Å²) < 4.78 is 0. The van der Waals surface area contributed by atoms with Gasteiger partial charge < -0.3 is 10.1 Å². The summed E-state index contributed by atoms with van der Waals surface area (Å²) in [4.78, 5) is 35.8. The first kappa shape index (κ1) is 9.64. The molecule has 1 aromatic rings. The summed E-state index contributed by atoms with van der Waals surface area (Å²) >= 11 is 0. The maximum Gasteiger partial charge on any atom is 0.336 e. The van der Waals surface area contributed by atoms with Crippen molar-refractivity contribution in [3.63, 3.8) is 0 Å². The fourth-order valence-corrected chi connectivity index (χ4v) is 1.80. The Hall–Kier alpha value is -1.91. The van der Waals surface area contributed by atoms with Gasteiger partial charge in [0.15, 0.2) is 0 Å². The Morgan fingerprint density at radius 2 is 2.07 bits per heavy atom. The van der Waals surface area contributed by atoms with E-state index in [1.54, 1.807) is 0 Å². The normalized spacial score (nSPS) is 14.8. The zero-order valence-corrected chi connectivity index (χ0v) is 7.87. The lowest BCUT2D eigenvalue weighted by molar-refractivity contribution is -0.118. The van der Waals surface area contributed by atoms with Crippen LogP contribution in [0.5, 0.6) is 0 Å². The molecule has 2 N–H and O–H groups in total. The molecule has 0 saturated heterocycles. The van der Waals surface area contributed by atoms with Gasteiger partial charge in [0.1, 0.15) is 5.78 Å². The number of rotatable bonds is 1. The predicted molar refractivity (Wildman–Crippen MR) is 51.1 cm³/mol. The molecule has 1 heterocycles. The highest BCUT2D eigenvalue weighted by Gasteiger charge is 2.22. The first-order valence-electron chi connectivity index (χ1n) is 4.58. The molecule has 1 aliphatic carbocycles. The number of carboxylic acid groups (broad SMARTS) is 1. The molecule has 0 aliphatic heterocycles. The predicted octanol–water partition coefficient (Wildman–Crippen LogP) is 0.131. The van der Waals surface area contributed by atoms with Gasteiger partial charge in [-0.15, -0.1) is 0 Å². The summed E-state index contributed by atoms with van der Waals surface area (Å²) in [7, 11) is 0. The third-order valence-corrected chi connectivity index (χ3v) is 2.50. The number of hydrogen-bond donors (Lipinski definition) is 2. The van der Waals surface area contributed by atoms with Gasteiger partial charge in [-0.1, -0.05) is 0 Å². The van der Waals surface area contributed by atoms with Gasteiger partial charge in [0.05, 0.1) is 5.56 Å². The topological polar surface area (TPSA) is 87.2 Å². The van der Waals surface area contributed by atoms with Crippen LogP contribution in [0, 0.1) is 0 Å². The van der Waals surface area contributed by atoms with Gasteiger partial charge in [0.2, 0.25) is 5.56 Å². The summed E-state index contributed by atoms with van der Waals surface area (Å²) in [6.07, 6.45) is 0.893. The number of carboxylic acids is 1. The Morgan fingerprint density at radius 3 is 2.73 bits per heavy atom. The number of pyridine rings is 1. The fraction of sp³-hybridized carbons (Fsp3) is 0.300. The summed E-state index contributed by atoms with van der Waals surface area (Å²) in [5.41, 5.74) is 0.556. The second kappa shape index (κ2) is 3.34. The van der Waals surface area contributed by atoms with E-state index in [-0.39, 0.29) is 17.8 Å². The number of aryl methyl sites for hydroxylation is 1. The summed E-state index contributed by atoms with van der Waals surface area (Å²) in [5, 5.41) is 8.89. The van der Waals surface area contributed by atoms with E-state index >= 15 is 0 Å². The molecule has 0 radical (unpaired) electrons. The molecule has 1 aromatic heterocycles. The first-order chi connectivity index (χ1) is 7.08. The SMILES string of the molecule is O=C1CCc2[nH]c(=O)cc(C(=O)O)c2C1. The summed E-state index contributed by atoms with van der Waals surface area (Å²) in [5.74, 6) is -1.15. The Labute approximate surface area is 84.7 Å². The number of aromatic nitrogens is 1. The van der Waals surface area contributed by atoms with E-state index in [0.29, 0.717) is 24.1 Å². The number of ketones is 1. The molecule has 78 valence electrons. The van der Waals surface area contributed by atoms with Crippen LogP contribution in [0.25, 0.3) is 0 Å². The van der Waals surface area contributed by atoms with E-state index in [1.165, 1.54) is 0 Å². The number of fused-ring (bicyclic) bond motifs is 1. The number of nitrogens with one attached hydrogen (secondary N) is 1. The van der Waals surface area contributed by atoms with E-state index in [4.69, 9.17) is 5.11 Å². The molecule has 15 heavy (non-hydrogen) atoms. The Bertz CT molecular complexity index is 501. The van der Waals surface area contributed by atoms with Crippen LogP contribution in [0.15, 0.2) is 10.9 Å². The highest BCUT2D eigenvalue weighted by molar-refractivity contribution is 5.93. The molecule has 5 nitrogen and oxygen atoms in total. The number of aromatic amines is 1. The Kier molecular flexibility index (Phi) is 2.15. The van der Waals surface area contributed by atoms with Gasteiger partial charge in [-0.25, -0.2) is 4.79 Å². The third-order valence-electron chi connectivity index (χ3n) is 2.50. The van der Waals surface area contributed by atoms with Crippen LogP contribution in [-0.4, -0.2) is 21.8 Å². The van der Waals surface area contributed by atoms with Crippen LogP contribution < -0.4 is 5.56 Å². The van der Waals surface area contributed by atoms with Gasteiger partial charge >= 0.3 is 5.97 Å². The average Bonchev–Trinajstić information content (AvgIpc) is 2.17. The Morgan fingerprint density at radius 1 is 1.33 bits per heavy atom. The summed E-state index contributed by atoms with van der Waals surface area (Å²) in [6, 6.07) is 1.03. The molecule has 0 aromatic carbocycles. The minimum Gasteiger partial charge on any atom is -0.478 e. The lowest BCUT2D eigenvalue weighted by atomic mass is 9.91. The van der Waals surface area contributed by atoms with Gasteiger partial charge in [-0.05, 0) is 12.0 Å². The van der Waals surface area contributed by atoms with Gasteiger partial charge in [-0.2, -0.15) is 0 Å². The van der Waals surface area contributed by atoms with E-state index < -0.39 is 11.5 Å². The van der Waals surface area contributed by atoms with Gasteiger partial charge in [0.25, 0.3) is 0 Å². The quantitative estimate of drug-likeness (QED) is 0.685. The van der Waals surface area contributed by atoms with Crippen LogP contribution >= 0.6 is 0 Å². The monoisotopic (exact) mass is 207 g/mol. The van der Waals surface area contributed by atoms with Crippen LogP contribution in [-0.2, 0) is 17.6 Å². The first-order valence-corrected chi connectivity index (χ1v) is 4.58. The Balaban J connectivity index is 2.65. The van der Waals surface area contributed by atoms with E-state index in [0.717, 1.165) is 6.07 Å². The number of Topliss-reactive ketones (excluding diaryl/α,β-unsaturated/α-hetero) is 1. The molecule has 0 unspecified atom stereocenters. The average molecular weight is 207 g/mol. The van der Waals surface area contributed by atoms with Crippen LogP contribution in [0.4, 0.5) is 0 Å². The molecule has 0 amide bonds. The molecule has 1 aliphatic rings. The summed E-state index contributed by atoms with van der Waals surface area (Å²) in [6.45, 7) is 0. The number of carbonyl (C=O) groups excluding carboxylic acids is 1. The van der Waals surface area contributed by atoms with E-state index in [1.807, 2.05) is 0 Å². The zero-order chi connectivity index (χ0) is 11.0. The highest BCUT2D eigenvalue weighted by Crippen LogP contribution is 2.19. The van der Waals surface area contributed by atoms with Crippen molar-refractivity contribution in [2.45, 2.75) is 19.3 Å². The molecule has 0 spiro atoms. The maximum atomic E-state index is 11.2. The van der Waals surface area contributed by atoms with Crippen LogP contribution in [0.1, 0.15) is 28.0 Å². The zero-order valence-electron chi connectivity index (χ0n) is 7.87. The maximum absolute atomic E-state index is 11.2. The van der Waals surface area contributed by atoms with Crippen molar-refractivity contribution in [3.05, 3.63) is 33.2 Å². The third kappa shape index (κ3) is 1.68. The van der Waals surface area contributed by atoms with Crippen molar-refractivity contribution < 1.29 is 14.7 Å². The van der Waals surface area contributed by atoms with Crippen molar-refractivity contribution >= 4 is 11.8 Å². The molecule has 0 bridgehead atoms. The smallest absolute Gasteiger partial charge is 0.336 e. The van der Waals surface area contributed by atoms with Gasteiger partial charge in [0, 0.05) is 24.6 Å². The molecule has 0 fully saturated rings. The molecule has 0 atom stereocenters. The van der Waals surface area contributed by atoms with Crippen molar-refractivity contribution in [1.82, 2.24) is 4.98 Å². The second-order valence-electron chi connectivity index (χ2n) is 3.52. The van der Waals surface area contributed by atoms with E-state index in [9.17, 15) is 14.4 Å². The second-order valence-corrected chi connectivity index (χ2v) is 3.52. The van der Waals surface area contributed by atoms with Crippen molar-refractivity contribution in [2.24, 2.45) is 0 Å². The van der Waals surface area contributed by atoms with Crippen LogP contribution in [0.3, 0.4) is 0 Å². The minimum absolute atomic E-state index is 0.0112. The minimum atomic E-state index is -1.16. The number of carbonyl (C=O) groups is 2. The largest absolute Gasteiger partial charge is 0.478 e. The van der Waals surface area contributed by atoms with Crippen molar-refractivity contribution in [2.75, 3.05) is 0 Å². The molecular formula is C10H9NO4. The lowest BCUT2D eigenvalue weighted by Crippen LogP contribution is -2.23. The fourth-order valence-electron chi connectivity index (χ4n) is 1.80. The molecular weight excluding hydrogens is 198 g/mol. The van der Waals surface area contributed by atoms with Crippen molar-refractivity contribution in [1.29, 1.82) is 0 Å². The van der Waals surface area contributed by atoms with Crippen molar-refractivity contribution in [3.8, 4) is 0 Å². The molecule has 2 rings (SSSR count). The standard InChI is InChI=1S/C10H9NO4/c12-5-1-2-8-6(3-5)7(10(14)15)4-9(13)11-8/h4H,1-3H2,(H,11,13)(H,14,15). The molecule has 0 saturated carbocycles. The number of aromatic carboxylic acids is 1. The number of H-pyrrole nitrogens is 1. The van der Waals surface area contributed by atoms with E-state index in [2.05, 4.69) is 4.98 Å². The van der Waals surface area contributed by atoms with Crippen LogP contribution in [0.2, 0.25) is 0 Å². The van der Waals surface area contributed by atoms with Gasteiger partial charge in [-0.3, -0.25) is 9.59 Å².